The Morgan fingerprint density at radius 3 is 2.79 bits per heavy atom. The lowest BCUT2D eigenvalue weighted by Crippen LogP contribution is -2.03. The van der Waals surface area contributed by atoms with Crippen LogP contribution in [0.5, 0.6) is 0 Å². The predicted molar refractivity (Wildman–Crippen MR) is 76.9 cm³/mol. The van der Waals surface area contributed by atoms with Crippen LogP contribution in [0.2, 0.25) is 0 Å². The Bertz CT molecular complexity index is 729. The van der Waals surface area contributed by atoms with Crippen molar-refractivity contribution in [3.63, 3.8) is 0 Å². The summed E-state index contributed by atoms with van der Waals surface area (Å²) in [5.74, 6) is 0.133. The molecule has 2 N–H and O–H groups in total. The first-order valence-corrected chi connectivity index (χ1v) is 6.98. The molecule has 0 spiro atoms. The van der Waals surface area contributed by atoms with E-state index in [1.165, 1.54) is 21.9 Å². The zero-order valence-electron chi connectivity index (χ0n) is 10.6. The van der Waals surface area contributed by atoms with Crippen LogP contribution in [-0.2, 0) is 13.0 Å². The molecule has 0 atom stereocenters. The zero-order valence-corrected chi connectivity index (χ0v) is 11.4. The molecular formula is C14H14FN3S. The molecule has 0 saturated carbocycles. The maximum Gasteiger partial charge on any atom is 0.201 e. The lowest BCUT2D eigenvalue weighted by atomic mass is 10.3. The smallest absolute Gasteiger partial charge is 0.201 e. The molecule has 98 valence electrons. The average molecular weight is 275 g/mol. The predicted octanol–water partition coefficient (Wildman–Crippen LogP) is 3.43. The summed E-state index contributed by atoms with van der Waals surface area (Å²) in [5, 5.41) is 0. The summed E-state index contributed by atoms with van der Waals surface area (Å²) in [5.41, 5.74) is 7.39. The molecule has 0 saturated heterocycles. The Morgan fingerprint density at radius 2 is 2.05 bits per heavy atom. The summed E-state index contributed by atoms with van der Waals surface area (Å²) < 4.78 is 15.1. The molecule has 0 bridgehead atoms. The Balaban J connectivity index is 2.02. The number of nitrogens with two attached hydrogens (primary N) is 1. The number of benzene rings is 1. The molecule has 5 heteroatoms. The van der Waals surface area contributed by atoms with Gasteiger partial charge in [0.2, 0.25) is 5.95 Å². The van der Waals surface area contributed by atoms with Crippen molar-refractivity contribution in [2.75, 3.05) is 5.73 Å². The van der Waals surface area contributed by atoms with E-state index < -0.39 is 0 Å². The van der Waals surface area contributed by atoms with Crippen molar-refractivity contribution >= 4 is 28.3 Å². The monoisotopic (exact) mass is 275 g/mol. The summed E-state index contributed by atoms with van der Waals surface area (Å²) >= 11 is 1.77. The maximum atomic E-state index is 13.2. The Hall–Kier alpha value is -1.88. The number of anilines is 1. The number of aryl methyl sites for hydroxylation is 1. The second-order valence-corrected chi connectivity index (χ2v) is 5.66. The minimum absolute atomic E-state index is 0.290. The van der Waals surface area contributed by atoms with Crippen LogP contribution in [-0.4, -0.2) is 9.55 Å². The van der Waals surface area contributed by atoms with Crippen molar-refractivity contribution in [1.82, 2.24) is 9.55 Å². The van der Waals surface area contributed by atoms with Crippen LogP contribution in [0, 0.1) is 5.82 Å². The quantitative estimate of drug-likeness (QED) is 0.796. The van der Waals surface area contributed by atoms with Crippen molar-refractivity contribution < 1.29 is 4.39 Å². The van der Waals surface area contributed by atoms with Crippen LogP contribution in [0.3, 0.4) is 0 Å². The first kappa shape index (κ1) is 12.2. The summed E-state index contributed by atoms with van der Waals surface area (Å²) in [6.45, 7) is 2.82. The maximum absolute atomic E-state index is 13.2. The molecule has 3 nitrogen and oxygen atoms in total. The van der Waals surface area contributed by atoms with Crippen LogP contribution >= 0.6 is 11.3 Å². The van der Waals surface area contributed by atoms with E-state index in [1.807, 2.05) is 4.57 Å². The van der Waals surface area contributed by atoms with Gasteiger partial charge in [-0.1, -0.05) is 6.92 Å². The van der Waals surface area contributed by atoms with E-state index >= 15 is 0 Å². The lowest BCUT2D eigenvalue weighted by Gasteiger charge is -2.04. The number of fused-ring (bicyclic) bond motifs is 1. The van der Waals surface area contributed by atoms with Gasteiger partial charge in [0.1, 0.15) is 5.82 Å². The average Bonchev–Trinajstić information content (AvgIpc) is 2.95. The number of aromatic nitrogens is 2. The van der Waals surface area contributed by atoms with Crippen molar-refractivity contribution in [1.29, 1.82) is 0 Å². The standard InChI is InChI=1S/C14H14FN3S/c1-2-10-4-5-11(19-10)8-18-13-6-3-9(15)7-12(13)17-14(18)16/h3-7H,2,8H2,1H3,(H2,16,17). The van der Waals surface area contributed by atoms with Crippen molar-refractivity contribution in [2.45, 2.75) is 19.9 Å². The van der Waals surface area contributed by atoms with Gasteiger partial charge in [0.25, 0.3) is 0 Å². The van der Waals surface area contributed by atoms with E-state index in [0.29, 0.717) is 18.0 Å². The molecule has 0 aliphatic carbocycles. The van der Waals surface area contributed by atoms with Gasteiger partial charge in [-0.3, -0.25) is 0 Å². The first-order chi connectivity index (χ1) is 9.17. The van der Waals surface area contributed by atoms with Crippen LogP contribution in [0.4, 0.5) is 10.3 Å². The second-order valence-electron chi connectivity index (χ2n) is 4.41. The first-order valence-electron chi connectivity index (χ1n) is 6.16. The van der Waals surface area contributed by atoms with Crippen LogP contribution in [0.25, 0.3) is 11.0 Å². The fourth-order valence-corrected chi connectivity index (χ4v) is 3.09. The van der Waals surface area contributed by atoms with E-state index in [9.17, 15) is 4.39 Å². The minimum Gasteiger partial charge on any atom is -0.369 e. The molecule has 0 fully saturated rings. The van der Waals surface area contributed by atoms with Gasteiger partial charge in [-0.25, -0.2) is 9.37 Å². The van der Waals surface area contributed by atoms with E-state index in [2.05, 4.69) is 24.0 Å². The van der Waals surface area contributed by atoms with Gasteiger partial charge >= 0.3 is 0 Å². The summed E-state index contributed by atoms with van der Waals surface area (Å²) in [4.78, 5) is 6.78. The largest absolute Gasteiger partial charge is 0.369 e. The van der Waals surface area contributed by atoms with Gasteiger partial charge in [0.15, 0.2) is 0 Å². The summed E-state index contributed by atoms with van der Waals surface area (Å²) in [7, 11) is 0. The van der Waals surface area contributed by atoms with E-state index in [-0.39, 0.29) is 5.82 Å². The third kappa shape index (κ3) is 2.21. The van der Waals surface area contributed by atoms with E-state index in [0.717, 1.165) is 11.9 Å². The number of nitrogens with zero attached hydrogens (tertiary/aromatic N) is 2. The Labute approximate surface area is 114 Å². The van der Waals surface area contributed by atoms with Crippen LogP contribution < -0.4 is 5.73 Å². The zero-order chi connectivity index (χ0) is 13.4. The normalized spacial score (nSPS) is 11.3. The Morgan fingerprint density at radius 1 is 1.26 bits per heavy atom. The van der Waals surface area contributed by atoms with Gasteiger partial charge in [-0.2, -0.15) is 0 Å². The lowest BCUT2D eigenvalue weighted by molar-refractivity contribution is 0.629. The van der Waals surface area contributed by atoms with Crippen molar-refractivity contribution in [3.05, 3.63) is 45.9 Å². The number of halogens is 1. The molecule has 3 aromatic rings. The van der Waals surface area contributed by atoms with Crippen LogP contribution in [0.15, 0.2) is 30.3 Å². The number of hydrogen-bond acceptors (Lipinski definition) is 3. The number of imidazole rings is 1. The number of rotatable bonds is 3. The molecular weight excluding hydrogens is 261 g/mol. The minimum atomic E-state index is -0.290. The molecule has 0 radical (unpaired) electrons. The third-order valence-electron chi connectivity index (χ3n) is 3.12. The second kappa shape index (κ2) is 4.66. The number of hydrogen-bond donors (Lipinski definition) is 1. The highest BCUT2D eigenvalue weighted by Gasteiger charge is 2.10. The van der Waals surface area contributed by atoms with E-state index in [1.54, 1.807) is 17.4 Å². The topological polar surface area (TPSA) is 43.8 Å². The van der Waals surface area contributed by atoms with Gasteiger partial charge < -0.3 is 10.3 Å². The highest BCUT2D eigenvalue weighted by atomic mass is 32.1. The van der Waals surface area contributed by atoms with Crippen molar-refractivity contribution in [3.8, 4) is 0 Å². The molecule has 0 aliphatic rings. The molecule has 2 aromatic heterocycles. The number of thiophene rings is 1. The van der Waals surface area contributed by atoms with Gasteiger partial charge in [0.05, 0.1) is 17.6 Å². The fourth-order valence-electron chi connectivity index (χ4n) is 2.14. The molecule has 0 amide bonds. The fraction of sp³-hybridized carbons (Fsp3) is 0.214. The molecule has 19 heavy (non-hydrogen) atoms. The van der Waals surface area contributed by atoms with Crippen LogP contribution in [0.1, 0.15) is 16.7 Å². The molecule has 1 aromatic carbocycles. The molecule has 0 aliphatic heterocycles. The SMILES string of the molecule is CCc1ccc(Cn2c(N)nc3cc(F)ccc32)s1. The van der Waals surface area contributed by atoms with Gasteiger partial charge in [-0.15, -0.1) is 11.3 Å². The van der Waals surface area contributed by atoms with Gasteiger partial charge in [0, 0.05) is 15.8 Å². The molecule has 0 unspecified atom stereocenters. The molecule has 3 rings (SSSR count). The Kier molecular flexibility index (Phi) is 2.98. The van der Waals surface area contributed by atoms with Crippen molar-refractivity contribution in [2.24, 2.45) is 0 Å². The highest BCUT2D eigenvalue weighted by Crippen LogP contribution is 2.23. The highest BCUT2D eigenvalue weighted by molar-refractivity contribution is 7.11. The summed E-state index contributed by atoms with van der Waals surface area (Å²) in [6.07, 6.45) is 1.04. The molecule has 2 heterocycles. The third-order valence-corrected chi connectivity index (χ3v) is 4.33. The van der Waals surface area contributed by atoms with Gasteiger partial charge in [-0.05, 0) is 30.7 Å². The summed E-state index contributed by atoms with van der Waals surface area (Å²) in [6, 6.07) is 8.82. The van der Waals surface area contributed by atoms with E-state index in [4.69, 9.17) is 5.73 Å². The number of nitrogen functional groups attached to an aromatic ring is 1.